The van der Waals surface area contributed by atoms with Crippen LogP contribution in [0.3, 0.4) is 0 Å². The molecule has 2 aromatic rings. The molecule has 0 aromatic heterocycles. The molecule has 0 saturated carbocycles. The molecule has 118 valence electrons. The first-order chi connectivity index (χ1) is 10.7. The zero-order valence-electron chi connectivity index (χ0n) is 13.1. The molecule has 0 bridgehead atoms. The van der Waals surface area contributed by atoms with Gasteiger partial charge in [-0.3, -0.25) is 0 Å². The van der Waals surface area contributed by atoms with E-state index in [1.165, 1.54) is 14.2 Å². The Balaban J connectivity index is 2.43. The molecule has 0 aliphatic rings. The van der Waals surface area contributed by atoms with Crippen LogP contribution in [-0.4, -0.2) is 32.5 Å². The van der Waals surface area contributed by atoms with Crippen LogP contribution in [0.2, 0.25) is 0 Å². The highest BCUT2D eigenvalue weighted by Crippen LogP contribution is 2.37. The van der Waals surface area contributed by atoms with Gasteiger partial charge in [0.2, 0.25) is 5.79 Å². The summed E-state index contributed by atoms with van der Waals surface area (Å²) < 4.78 is 16.7. The van der Waals surface area contributed by atoms with Gasteiger partial charge in [0.05, 0.1) is 0 Å². The zero-order valence-corrected chi connectivity index (χ0v) is 13.1. The number of ether oxygens (including phenoxy) is 3. The van der Waals surface area contributed by atoms with E-state index in [9.17, 15) is 5.11 Å². The normalized spacial score (nSPS) is 14.5. The van der Waals surface area contributed by atoms with Crippen molar-refractivity contribution in [2.24, 2.45) is 0 Å². The summed E-state index contributed by atoms with van der Waals surface area (Å²) in [5.41, 5.74) is 1.58. The highest BCUT2D eigenvalue weighted by molar-refractivity contribution is 5.25. The lowest BCUT2D eigenvalue weighted by Gasteiger charge is -2.39. The maximum atomic E-state index is 11.0. The third-order valence-corrected chi connectivity index (χ3v) is 3.84. The van der Waals surface area contributed by atoms with E-state index in [4.69, 9.17) is 14.2 Å². The van der Waals surface area contributed by atoms with Gasteiger partial charge in [-0.2, -0.15) is 0 Å². The molecule has 0 radical (unpaired) electrons. The van der Waals surface area contributed by atoms with Crippen LogP contribution in [0.15, 0.2) is 60.7 Å². The van der Waals surface area contributed by atoms with E-state index < -0.39 is 18.0 Å². The van der Waals surface area contributed by atoms with E-state index in [2.05, 4.69) is 0 Å². The Bertz CT molecular complexity index is 552. The second-order valence-corrected chi connectivity index (χ2v) is 4.95. The number of methoxy groups -OCH3 is 3. The van der Waals surface area contributed by atoms with Crippen LogP contribution in [0.25, 0.3) is 0 Å². The lowest BCUT2D eigenvalue weighted by molar-refractivity contribution is -0.289. The topological polar surface area (TPSA) is 47.9 Å². The molecule has 0 amide bonds. The van der Waals surface area contributed by atoms with Crippen molar-refractivity contribution in [2.45, 2.75) is 18.0 Å². The van der Waals surface area contributed by atoms with Gasteiger partial charge in [0.15, 0.2) is 0 Å². The summed E-state index contributed by atoms with van der Waals surface area (Å²) in [5, 5.41) is 11.0. The predicted molar refractivity (Wildman–Crippen MR) is 84.3 cm³/mol. The van der Waals surface area contributed by atoms with Gasteiger partial charge in [0, 0.05) is 26.9 Å². The van der Waals surface area contributed by atoms with Crippen LogP contribution in [-0.2, 0) is 20.0 Å². The number of aliphatic hydroxyl groups is 1. The molecule has 0 aliphatic heterocycles. The Morgan fingerprint density at radius 1 is 0.818 bits per heavy atom. The Kier molecular flexibility index (Phi) is 5.69. The fourth-order valence-corrected chi connectivity index (χ4v) is 2.69. The Hall–Kier alpha value is -1.72. The highest BCUT2D eigenvalue weighted by Gasteiger charge is 2.45. The molecular weight excluding hydrogens is 280 g/mol. The lowest BCUT2D eigenvalue weighted by atomic mass is 9.92. The predicted octanol–water partition coefficient (Wildman–Crippen LogP) is 2.88. The lowest BCUT2D eigenvalue weighted by Crippen LogP contribution is -2.47. The molecule has 2 aromatic carbocycles. The van der Waals surface area contributed by atoms with Crippen LogP contribution < -0.4 is 0 Å². The molecule has 4 heteroatoms. The monoisotopic (exact) mass is 302 g/mol. The average molecular weight is 302 g/mol. The standard InChI is InChI=1S/C18H22O4/c1-20-16(14-10-6-4-7-11-14)17(19)18(21-2,22-3)15-12-8-5-9-13-15/h4-13,16-17,19H,1-3H3. The molecule has 0 saturated heterocycles. The van der Waals surface area contributed by atoms with Crippen molar-refractivity contribution in [1.82, 2.24) is 0 Å². The maximum Gasteiger partial charge on any atom is 0.224 e. The van der Waals surface area contributed by atoms with Gasteiger partial charge < -0.3 is 19.3 Å². The first kappa shape index (κ1) is 16.6. The first-order valence-electron chi connectivity index (χ1n) is 7.11. The third kappa shape index (κ3) is 3.05. The fourth-order valence-electron chi connectivity index (χ4n) is 2.69. The molecule has 2 atom stereocenters. The molecular formula is C18H22O4. The SMILES string of the molecule is COC(c1ccccc1)C(O)C(OC)(OC)c1ccccc1. The molecule has 2 rings (SSSR count). The van der Waals surface area contributed by atoms with Gasteiger partial charge in [-0.15, -0.1) is 0 Å². The molecule has 0 fully saturated rings. The van der Waals surface area contributed by atoms with E-state index in [0.717, 1.165) is 11.1 Å². The van der Waals surface area contributed by atoms with E-state index in [1.807, 2.05) is 60.7 Å². The number of hydrogen-bond donors (Lipinski definition) is 1. The molecule has 4 nitrogen and oxygen atoms in total. The maximum absolute atomic E-state index is 11.0. The van der Waals surface area contributed by atoms with Crippen molar-refractivity contribution in [3.8, 4) is 0 Å². The second kappa shape index (κ2) is 7.51. The van der Waals surface area contributed by atoms with Crippen LogP contribution in [0.1, 0.15) is 17.2 Å². The van der Waals surface area contributed by atoms with E-state index in [-0.39, 0.29) is 0 Å². The van der Waals surface area contributed by atoms with Gasteiger partial charge in [0.25, 0.3) is 0 Å². The zero-order chi connectivity index (χ0) is 16.0. The quantitative estimate of drug-likeness (QED) is 0.799. The minimum absolute atomic E-state index is 0.582. The smallest absolute Gasteiger partial charge is 0.224 e. The van der Waals surface area contributed by atoms with Crippen molar-refractivity contribution in [1.29, 1.82) is 0 Å². The first-order valence-corrected chi connectivity index (χ1v) is 7.11. The average Bonchev–Trinajstić information content (AvgIpc) is 2.59. The molecule has 1 N–H and O–H groups in total. The van der Waals surface area contributed by atoms with Crippen LogP contribution in [0.5, 0.6) is 0 Å². The highest BCUT2D eigenvalue weighted by atomic mass is 16.7. The van der Waals surface area contributed by atoms with Crippen molar-refractivity contribution in [3.63, 3.8) is 0 Å². The largest absolute Gasteiger partial charge is 0.384 e. The number of benzene rings is 2. The van der Waals surface area contributed by atoms with E-state index in [0.29, 0.717) is 0 Å². The van der Waals surface area contributed by atoms with Crippen molar-refractivity contribution >= 4 is 0 Å². The summed E-state index contributed by atoms with van der Waals surface area (Å²) >= 11 is 0. The Morgan fingerprint density at radius 2 is 1.32 bits per heavy atom. The molecule has 22 heavy (non-hydrogen) atoms. The summed E-state index contributed by atoms with van der Waals surface area (Å²) in [6.45, 7) is 0. The minimum Gasteiger partial charge on any atom is -0.384 e. The van der Waals surface area contributed by atoms with Gasteiger partial charge in [-0.1, -0.05) is 60.7 Å². The van der Waals surface area contributed by atoms with Gasteiger partial charge in [-0.05, 0) is 5.56 Å². The van der Waals surface area contributed by atoms with E-state index >= 15 is 0 Å². The van der Waals surface area contributed by atoms with Crippen LogP contribution in [0, 0.1) is 0 Å². The Labute approximate surface area is 131 Å². The molecule has 0 aliphatic carbocycles. The minimum atomic E-state index is -1.31. The molecule has 2 unspecified atom stereocenters. The third-order valence-electron chi connectivity index (χ3n) is 3.84. The summed E-state index contributed by atoms with van der Waals surface area (Å²) in [6, 6.07) is 18.9. The van der Waals surface area contributed by atoms with Crippen LogP contribution in [0.4, 0.5) is 0 Å². The summed E-state index contributed by atoms with van der Waals surface area (Å²) in [6.07, 6.45) is -1.63. The number of rotatable bonds is 7. The number of hydrogen-bond acceptors (Lipinski definition) is 4. The van der Waals surface area contributed by atoms with Gasteiger partial charge >= 0.3 is 0 Å². The summed E-state index contributed by atoms with van der Waals surface area (Å²) in [7, 11) is 4.58. The van der Waals surface area contributed by atoms with Gasteiger partial charge in [0.1, 0.15) is 12.2 Å². The van der Waals surface area contributed by atoms with Gasteiger partial charge in [-0.25, -0.2) is 0 Å². The number of aliphatic hydroxyl groups excluding tert-OH is 1. The molecule has 0 spiro atoms. The summed E-state index contributed by atoms with van der Waals surface area (Å²) in [4.78, 5) is 0. The van der Waals surface area contributed by atoms with Crippen LogP contribution >= 0.6 is 0 Å². The second-order valence-electron chi connectivity index (χ2n) is 4.95. The van der Waals surface area contributed by atoms with Crippen molar-refractivity contribution in [3.05, 3.63) is 71.8 Å². The van der Waals surface area contributed by atoms with E-state index in [1.54, 1.807) is 7.11 Å². The molecule has 0 heterocycles. The summed E-state index contributed by atoms with van der Waals surface area (Å²) in [5.74, 6) is -1.31. The Morgan fingerprint density at radius 3 is 1.77 bits per heavy atom. The fraction of sp³-hybridized carbons (Fsp3) is 0.333. The van der Waals surface area contributed by atoms with Crippen molar-refractivity contribution < 1.29 is 19.3 Å². The van der Waals surface area contributed by atoms with Crippen molar-refractivity contribution in [2.75, 3.05) is 21.3 Å².